The Labute approximate surface area is 173 Å². The second kappa shape index (κ2) is 8.63. The van der Waals surface area contributed by atoms with Crippen molar-refractivity contribution in [2.75, 3.05) is 17.8 Å². The number of aromatic nitrogens is 1. The van der Waals surface area contributed by atoms with Crippen LogP contribution in [0.2, 0.25) is 0 Å². The van der Waals surface area contributed by atoms with Crippen LogP contribution in [0.4, 0.5) is 0 Å². The van der Waals surface area contributed by atoms with E-state index in [4.69, 9.17) is 0 Å². The zero-order chi connectivity index (χ0) is 20.3. The maximum absolute atomic E-state index is 12.5. The van der Waals surface area contributed by atoms with E-state index in [9.17, 15) is 13.2 Å². The van der Waals surface area contributed by atoms with Crippen LogP contribution in [0, 0.1) is 13.8 Å². The number of thiazole rings is 1. The van der Waals surface area contributed by atoms with E-state index in [2.05, 4.69) is 11.1 Å². The summed E-state index contributed by atoms with van der Waals surface area (Å²) in [6.45, 7) is 4.61. The molecule has 1 heterocycles. The molecule has 0 saturated heterocycles. The fourth-order valence-corrected chi connectivity index (χ4v) is 5.44. The summed E-state index contributed by atoms with van der Waals surface area (Å²) in [6, 6.07) is 12.6. The topological polar surface area (TPSA) is 68.5 Å². The summed E-state index contributed by atoms with van der Waals surface area (Å²) in [4.78, 5) is 17.3. The van der Waals surface area contributed by atoms with Gasteiger partial charge in [0.15, 0.2) is 14.6 Å². The van der Waals surface area contributed by atoms with Crippen molar-refractivity contribution in [3.05, 3.63) is 58.4 Å². The first-order valence-electron chi connectivity index (χ1n) is 8.76. The molecule has 2 aromatic carbocycles. The molecule has 8 heteroatoms. The first-order valence-corrected chi connectivity index (χ1v) is 12.6. The van der Waals surface area contributed by atoms with Gasteiger partial charge in [0.05, 0.1) is 15.1 Å². The number of thioether (sulfide) groups is 1. The van der Waals surface area contributed by atoms with Crippen LogP contribution in [0.15, 0.2) is 52.4 Å². The highest BCUT2D eigenvalue weighted by Gasteiger charge is 2.19. The lowest BCUT2D eigenvalue weighted by atomic mass is 10.2. The highest BCUT2D eigenvalue weighted by atomic mass is 32.2. The van der Waals surface area contributed by atoms with E-state index < -0.39 is 21.5 Å². The Morgan fingerprint density at radius 1 is 1.11 bits per heavy atom. The number of hydrogen-bond donors (Lipinski definition) is 0. The summed E-state index contributed by atoms with van der Waals surface area (Å²) in [5, 5.41) is 0. The van der Waals surface area contributed by atoms with Gasteiger partial charge in [-0.15, -0.1) is 0 Å². The zero-order valence-electron chi connectivity index (χ0n) is 16.0. The number of fused-ring (bicyclic) bond motifs is 1. The third-order valence-corrected chi connectivity index (χ3v) is 7.52. The van der Waals surface area contributed by atoms with Crippen molar-refractivity contribution in [3.8, 4) is 0 Å². The van der Waals surface area contributed by atoms with E-state index in [0.717, 1.165) is 27.1 Å². The Balaban J connectivity index is 1.96. The van der Waals surface area contributed by atoms with Gasteiger partial charge in [-0.3, -0.25) is 4.79 Å². The van der Waals surface area contributed by atoms with E-state index >= 15 is 0 Å². The number of carbonyl (C=O) groups is 1. The van der Waals surface area contributed by atoms with Gasteiger partial charge in [0.25, 0.3) is 5.91 Å². The van der Waals surface area contributed by atoms with Crippen molar-refractivity contribution in [2.45, 2.75) is 25.3 Å². The monoisotopic (exact) mass is 434 g/mol. The smallest absolute Gasteiger partial charge is 0.263 e. The molecule has 0 unspecified atom stereocenters. The maximum Gasteiger partial charge on any atom is 0.263 e. The molecule has 3 aromatic rings. The van der Waals surface area contributed by atoms with Crippen LogP contribution in [0.1, 0.15) is 11.1 Å². The van der Waals surface area contributed by atoms with Gasteiger partial charge in [-0.1, -0.05) is 35.1 Å². The molecule has 0 atom stereocenters. The van der Waals surface area contributed by atoms with Crippen molar-refractivity contribution in [1.82, 2.24) is 4.57 Å². The number of nitrogens with zero attached hydrogens (tertiary/aromatic N) is 2. The number of hydrogen-bond acceptors (Lipinski definition) is 5. The van der Waals surface area contributed by atoms with Crippen LogP contribution >= 0.6 is 23.1 Å². The van der Waals surface area contributed by atoms with Crippen molar-refractivity contribution in [3.63, 3.8) is 0 Å². The lowest BCUT2D eigenvalue weighted by Gasteiger charge is -2.04. The Bertz CT molecular complexity index is 1170. The molecule has 0 aliphatic heterocycles. The third kappa shape index (κ3) is 4.74. The largest absolute Gasteiger partial charge is 0.316 e. The van der Waals surface area contributed by atoms with Crippen LogP contribution in [0.5, 0.6) is 0 Å². The molecule has 0 radical (unpaired) electrons. The summed E-state index contributed by atoms with van der Waals surface area (Å²) in [5.74, 6) is -0.406. The summed E-state index contributed by atoms with van der Waals surface area (Å²) >= 11 is 3.12. The molecule has 148 valence electrons. The van der Waals surface area contributed by atoms with Crippen molar-refractivity contribution in [2.24, 2.45) is 4.99 Å². The van der Waals surface area contributed by atoms with Crippen LogP contribution in [-0.2, 0) is 21.2 Å². The van der Waals surface area contributed by atoms with Gasteiger partial charge in [-0.05, 0) is 49.9 Å². The Hall–Kier alpha value is -1.90. The minimum Gasteiger partial charge on any atom is -0.316 e. The van der Waals surface area contributed by atoms with E-state index in [0.29, 0.717) is 11.3 Å². The molecule has 0 aliphatic rings. The molecule has 0 saturated carbocycles. The summed E-state index contributed by atoms with van der Waals surface area (Å²) in [6.07, 6.45) is 2.02. The number of amides is 1. The van der Waals surface area contributed by atoms with Gasteiger partial charge in [-0.2, -0.15) is 16.8 Å². The molecule has 0 bridgehead atoms. The predicted octanol–water partition coefficient (Wildman–Crippen LogP) is 3.58. The van der Waals surface area contributed by atoms with Gasteiger partial charge in [-0.25, -0.2) is 8.42 Å². The lowest BCUT2D eigenvalue weighted by Crippen LogP contribution is -2.21. The van der Waals surface area contributed by atoms with Crippen molar-refractivity contribution < 1.29 is 13.2 Å². The van der Waals surface area contributed by atoms with Gasteiger partial charge in [0.1, 0.15) is 5.75 Å². The average molecular weight is 435 g/mol. The van der Waals surface area contributed by atoms with Crippen molar-refractivity contribution in [1.29, 1.82) is 0 Å². The summed E-state index contributed by atoms with van der Waals surface area (Å²) in [5.41, 5.74) is 3.11. The van der Waals surface area contributed by atoms with E-state index in [1.165, 1.54) is 23.5 Å². The number of aryl methyl sites for hydroxylation is 3. The van der Waals surface area contributed by atoms with Gasteiger partial charge in [0, 0.05) is 12.3 Å². The minimum absolute atomic E-state index is 0.142. The van der Waals surface area contributed by atoms with Crippen LogP contribution in [0.25, 0.3) is 10.2 Å². The molecule has 28 heavy (non-hydrogen) atoms. The number of carbonyl (C=O) groups excluding carboxylic acids is 1. The molecule has 1 aromatic heterocycles. The maximum atomic E-state index is 12.5. The van der Waals surface area contributed by atoms with E-state index in [1.54, 1.807) is 23.9 Å². The quantitative estimate of drug-likeness (QED) is 0.595. The molecule has 0 aliphatic carbocycles. The molecule has 5 nitrogen and oxygen atoms in total. The first-order chi connectivity index (χ1) is 13.3. The van der Waals surface area contributed by atoms with E-state index in [-0.39, 0.29) is 4.90 Å². The molecule has 0 spiro atoms. The third-order valence-electron chi connectivity index (χ3n) is 4.27. The number of rotatable bonds is 6. The Morgan fingerprint density at radius 2 is 1.79 bits per heavy atom. The van der Waals surface area contributed by atoms with E-state index in [1.807, 2.05) is 36.8 Å². The highest BCUT2D eigenvalue weighted by molar-refractivity contribution is 7.98. The van der Waals surface area contributed by atoms with Gasteiger partial charge < -0.3 is 4.57 Å². The van der Waals surface area contributed by atoms with Crippen molar-refractivity contribution >= 4 is 49.1 Å². The standard InChI is InChI=1S/C20H22N2O3S3/c1-14-4-7-16(8-5-14)28(24,25)13-19(23)21-20-22(10-11-26-3)17-9-6-15(2)12-18(17)27-20/h4-9,12H,10-11,13H2,1-3H3. The number of sulfone groups is 1. The second-order valence-electron chi connectivity index (χ2n) is 6.58. The molecule has 0 fully saturated rings. The zero-order valence-corrected chi connectivity index (χ0v) is 18.5. The van der Waals surface area contributed by atoms with Crippen LogP contribution < -0.4 is 4.80 Å². The molecular weight excluding hydrogens is 412 g/mol. The highest BCUT2D eigenvalue weighted by Crippen LogP contribution is 2.19. The molecule has 0 N–H and O–H groups in total. The Morgan fingerprint density at radius 3 is 2.46 bits per heavy atom. The summed E-state index contributed by atoms with van der Waals surface area (Å²) < 4.78 is 28.1. The average Bonchev–Trinajstić information content (AvgIpc) is 2.95. The molecular formula is C20H22N2O3S3. The Kier molecular flexibility index (Phi) is 6.42. The molecule has 1 amide bonds. The molecule has 3 rings (SSSR count). The van der Waals surface area contributed by atoms with Crippen LogP contribution in [0.3, 0.4) is 0 Å². The fraction of sp³-hybridized carbons (Fsp3) is 0.300. The lowest BCUT2D eigenvalue weighted by molar-refractivity contribution is -0.115. The first kappa shape index (κ1) is 20.8. The summed E-state index contributed by atoms with van der Waals surface area (Å²) in [7, 11) is -3.71. The van der Waals surface area contributed by atoms with Gasteiger partial charge in [0.2, 0.25) is 0 Å². The minimum atomic E-state index is -3.71. The van der Waals surface area contributed by atoms with Gasteiger partial charge >= 0.3 is 0 Å². The number of benzene rings is 2. The fourth-order valence-electron chi connectivity index (χ4n) is 2.79. The predicted molar refractivity (Wildman–Crippen MR) is 117 cm³/mol. The SMILES string of the molecule is CSCCn1c(=NC(=O)CS(=O)(=O)c2ccc(C)cc2)sc2cc(C)ccc21. The van der Waals surface area contributed by atoms with Crippen LogP contribution in [-0.4, -0.2) is 36.7 Å². The normalized spacial score (nSPS) is 12.6. The second-order valence-corrected chi connectivity index (χ2v) is 10.6.